The van der Waals surface area contributed by atoms with Crippen molar-refractivity contribution in [1.29, 1.82) is 0 Å². The quantitative estimate of drug-likeness (QED) is 0.910. The van der Waals surface area contributed by atoms with Crippen LogP contribution in [0.25, 0.3) is 10.9 Å². The Bertz CT molecular complexity index is 773. The van der Waals surface area contributed by atoms with E-state index in [0.717, 1.165) is 16.6 Å². The van der Waals surface area contributed by atoms with Crippen molar-refractivity contribution >= 4 is 20.7 Å². The summed E-state index contributed by atoms with van der Waals surface area (Å²) in [5.41, 5.74) is 2.53. The first-order valence-corrected chi connectivity index (χ1v) is 8.78. The van der Waals surface area contributed by atoms with Gasteiger partial charge in [0.25, 0.3) is 0 Å². The molecular weight excluding hydrogens is 288 g/mol. The van der Waals surface area contributed by atoms with Crippen LogP contribution in [0.4, 0.5) is 0 Å². The predicted molar refractivity (Wildman–Crippen MR) is 82.1 cm³/mol. The molecule has 1 N–H and O–H groups in total. The van der Waals surface area contributed by atoms with Crippen molar-refractivity contribution in [2.24, 2.45) is 0 Å². The van der Waals surface area contributed by atoms with Crippen molar-refractivity contribution in [2.75, 3.05) is 24.6 Å². The molecule has 0 aliphatic carbocycles. The van der Waals surface area contributed by atoms with Crippen molar-refractivity contribution in [3.63, 3.8) is 0 Å². The summed E-state index contributed by atoms with van der Waals surface area (Å²) in [7, 11) is -2.86. The van der Waals surface area contributed by atoms with Crippen LogP contribution in [0.15, 0.2) is 24.3 Å². The van der Waals surface area contributed by atoms with Crippen LogP contribution in [-0.4, -0.2) is 48.0 Å². The summed E-state index contributed by atoms with van der Waals surface area (Å²) in [6, 6.07) is 7.43. The smallest absolute Gasteiger partial charge is 0.152 e. The molecule has 21 heavy (non-hydrogen) atoms. The number of fused-ring (bicyclic) bond motifs is 1. The molecule has 3 rings (SSSR count). The van der Waals surface area contributed by atoms with Gasteiger partial charge in [-0.1, -0.05) is 12.1 Å². The number of aromatic nitrogens is 1. The largest absolute Gasteiger partial charge is 0.506 e. The topological polar surface area (TPSA) is 70.5 Å². The van der Waals surface area contributed by atoms with Crippen LogP contribution in [0.1, 0.15) is 11.3 Å². The number of phenols is 1. The Morgan fingerprint density at radius 1 is 1.19 bits per heavy atom. The number of nitrogens with zero attached hydrogens (tertiary/aromatic N) is 2. The molecule has 0 spiro atoms. The molecule has 0 saturated carbocycles. The SMILES string of the molecule is Cc1ccc2c(CN3CCS(=O)(=O)CC3)ccc(O)c2n1. The predicted octanol–water partition coefficient (Wildman–Crippen LogP) is 1.48. The summed E-state index contributed by atoms with van der Waals surface area (Å²) in [6.07, 6.45) is 0. The van der Waals surface area contributed by atoms with Crippen molar-refractivity contribution in [1.82, 2.24) is 9.88 Å². The minimum Gasteiger partial charge on any atom is -0.506 e. The molecule has 0 atom stereocenters. The van der Waals surface area contributed by atoms with Gasteiger partial charge < -0.3 is 5.11 Å². The van der Waals surface area contributed by atoms with E-state index >= 15 is 0 Å². The van der Waals surface area contributed by atoms with Gasteiger partial charge in [0.15, 0.2) is 9.84 Å². The number of rotatable bonds is 2. The molecule has 1 saturated heterocycles. The molecule has 5 nitrogen and oxygen atoms in total. The summed E-state index contributed by atoms with van der Waals surface area (Å²) in [6.45, 7) is 3.69. The summed E-state index contributed by atoms with van der Waals surface area (Å²) in [5.74, 6) is 0.625. The lowest BCUT2D eigenvalue weighted by molar-refractivity contribution is 0.288. The Labute approximate surface area is 124 Å². The number of hydrogen-bond donors (Lipinski definition) is 1. The third-order valence-corrected chi connectivity index (χ3v) is 5.51. The molecule has 0 bridgehead atoms. The third kappa shape index (κ3) is 3.01. The van der Waals surface area contributed by atoms with Gasteiger partial charge in [0, 0.05) is 30.7 Å². The highest BCUT2D eigenvalue weighted by Crippen LogP contribution is 2.27. The highest BCUT2D eigenvalue weighted by molar-refractivity contribution is 7.91. The van der Waals surface area contributed by atoms with E-state index in [4.69, 9.17) is 0 Å². The lowest BCUT2D eigenvalue weighted by atomic mass is 10.1. The molecule has 2 heterocycles. The van der Waals surface area contributed by atoms with Crippen molar-refractivity contribution in [3.8, 4) is 5.75 Å². The van der Waals surface area contributed by atoms with Gasteiger partial charge in [0.2, 0.25) is 0 Å². The Hall–Kier alpha value is -1.66. The first-order chi connectivity index (χ1) is 9.94. The second-order valence-electron chi connectivity index (χ2n) is 5.52. The third-order valence-electron chi connectivity index (χ3n) is 3.90. The zero-order valence-corrected chi connectivity index (χ0v) is 12.7. The van der Waals surface area contributed by atoms with E-state index in [-0.39, 0.29) is 17.3 Å². The van der Waals surface area contributed by atoms with Gasteiger partial charge in [-0.25, -0.2) is 13.4 Å². The molecule has 1 aliphatic rings. The van der Waals surface area contributed by atoms with E-state index in [9.17, 15) is 13.5 Å². The first-order valence-electron chi connectivity index (χ1n) is 6.96. The fourth-order valence-corrected chi connectivity index (χ4v) is 3.92. The Morgan fingerprint density at radius 3 is 2.62 bits per heavy atom. The first kappa shape index (κ1) is 14.3. The van der Waals surface area contributed by atoms with Gasteiger partial charge in [-0.05, 0) is 24.6 Å². The average Bonchev–Trinajstić information content (AvgIpc) is 2.44. The molecule has 2 aromatic rings. The van der Waals surface area contributed by atoms with Crippen molar-refractivity contribution in [3.05, 3.63) is 35.5 Å². The minimum absolute atomic E-state index is 0.179. The van der Waals surface area contributed by atoms with Gasteiger partial charge in [0.1, 0.15) is 11.3 Å². The highest BCUT2D eigenvalue weighted by atomic mass is 32.2. The number of phenolic OH excluding ortho intramolecular Hbond substituents is 1. The molecule has 6 heteroatoms. The highest BCUT2D eigenvalue weighted by Gasteiger charge is 2.22. The molecule has 1 aromatic carbocycles. The monoisotopic (exact) mass is 306 g/mol. The maximum atomic E-state index is 11.5. The summed E-state index contributed by atoms with van der Waals surface area (Å²) >= 11 is 0. The molecule has 1 fully saturated rings. The van der Waals surface area contributed by atoms with Crippen molar-refractivity contribution in [2.45, 2.75) is 13.5 Å². The second-order valence-corrected chi connectivity index (χ2v) is 7.82. The zero-order chi connectivity index (χ0) is 15.0. The minimum atomic E-state index is -2.86. The normalized spacial score (nSPS) is 18.9. The Balaban J connectivity index is 1.90. The number of hydrogen-bond acceptors (Lipinski definition) is 5. The van der Waals surface area contributed by atoms with Crippen LogP contribution < -0.4 is 0 Å². The van der Waals surface area contributed by atoms with Crippen LogP contribution in [0.3, 0.4) is 0 Å². The van der Waals surface area contributed by atoms with Gasteiger partial charge in [0.05, 0.1) is 11.5 Å². The van der Waals surface area contributed by atoms with E-state index in [0.29, 0.717) is 25.2 Å². The number of aryl methyl sites for hydroxylation is 1. The molecule has 112 valence electrons. The standard InChI is InChI=1S/C15H18N2O3S/c1-11-2-4-13-12(3-5-14(18)15(13)16-11)10-17-6-8-21(19,20)9-7-17/h2-5,18H,6-10H2,1H3. The lowest BCUT2D eigenvalue weighted by Gasteiger charge is -2.27. The van der Waals surface area contributed by atoms with E-state index in [2.05, 4.69) is 9.88 Å². The summed E-state index contributed by atoms with van der Waals surface area (Å²) in [5, 5.41) is 10.9. The van der Waals surface area contributed by atoms with Crippen LogP contribution >= 0.6 is 0 Å². The fraction of sp³-hybridized carbons (Fsp3) is 0.400. The van der Waals surface area contributed by atoms with Gasteiger partial charge in [-0.3, -0.25) is 4.90 Å². The molecule has 0 amide bonds. The maximum absolute atomic E-state index is 11.5. The summed E-state index contributed by atoms with van der Waals surface area (Å²) < 4.78 is 22.9. The molecule has 0 unspecified atom stereocenters. The number of aromatic hydroxyl groups is 1. The lowest BCUT2D eigenvalue weighted by Crippen LogP contribution is -2.39. The van der Waals surface area contributed by atoms with E-state index in [1.54, 1.807) is 6.07 Å². The van der Waals surface area contributed by atoms with Crippen LogP contribution in [0.5, 0.6) is 5.75 Å². The van der Waals surface area contributed by atoms with Crippen LogP contribution in [-0.2, 0) is 16.4 Å². The van der Waals surface area contributed by atoms with E-state index in [1.165, 1.54) is 0 Å². The molecule has 1 aromatic heterocycles. The zero-order valence-electron chi connectivity index (χ0n) is 11.9. The average molecular weight is 306 g/mol. The van der Waals surface area contributed by atoms with E-state index < -0.39 is 9.84 Å². The van der Waals surface area contributed by atoms with Crippen molar-refractivity contribution < 1.29 is 13.5 Å². The van der Waals surface area contributed by atoms with Gasteiger partial charge in [-0.15, -0.1) is 0 Å². The Morgan fingerprint density at radius 2 is 1.90 bits per heavy atom. The fourth-order valence-electron chi connectivity index (χ4n) is 2.65. The number of pyridine rings is 1. The maximum Gasteiger partial charge on any atom is 0.152 e. The van der Waals surface area contributed by atoms with E-state index in [1.807, 2.05) is 25.1 Å². The van der Waals surface area contributed by atoms with Gasteiger partial charge >= 0.3 is 0 Å². The number of benzene rings is 1. The van der Waals surface area contributed by atoms with Crippen LogP contribution in [0, 0.1) is 6.92 Å². The summed E-state index contributed by atoms with van der Waals surface area (Å²) in [4.78, 5) is 6.52. The number of sulfone groups is 1. The van der Waals surface area contributed by atoms with Gasteiger partial charge in [-0.2, -0.15) is 0 Å². The molecular formula is C15H18N2O3S. The van der Waals surface area contributed by atoms with Crippen LogP contribution in [0.2, 0.25) is 0 Å². The molecule has 1 aliphatic heterocycles. The Kier molecular flexibility index (Phi) is 3.59. The molecule has 0 radical (unpaired) electrons. The second kappa shape index (κ2) is 5.27.